The lowest BCUT2D eigenvalue weighted by molar-refractivity contribution is -0.114. The summed E-state index contributed by atoms with van der Waals surface area (Å²) in [4.78, 5) is 23.1. The Balaban J connectivity index is 0.000000180. The summed E-state index contributed by atoms with van der Waals surface area (Å²) in [6.07, 6.45) is 0.839. The van der Waals surface area contributed by atoms with Crippen molar-refractivity contribution in [3.05, 3.63) is 70.3 Å². The molecule has 0 fully saturated rings. The van der Waals surface area contributed by atoms with Crippen molar-refractivity contribution in [1.82, 2.24) is 10.2 Å². The molecule has 2 aromatic rings. The summed E-state index contributed by atoms with van der Waals surface area (Å²) in [6, 6.07) is 14.0. The minimum Gasteiger partial charge on any atom is -0.354 e. The number of hydrogen-bond donors (Lipinski definition) is 2. The number of allylic oxidation sites excluding steroid dienone is 1. The number of halogens is 5. The third kappa shape index (κ3) is 5.60. The van der Waals surface area contributed by atoms with Crippen molar-refractivity contribution in [2.45, 2.75) is 5.38 Å². The first kappa shape index (κ1) is 24.3. The van der Waals surface area contributed by atoms with E-state index in [0.29, 0.717) is 17.3 Å². The van der Waals surface area contributed by atoms with Gasteiger partial charge in [0.1, 0.15) is 5.70 Å². The minimum absolute atomic E-state index is 0.153. The maximum absolute atomic E-state index is 13.4. The van der Waals surface area contributed by atoms with Gasteiger partial charge in [-0.15, -0.1) is 0 Å². The molecule has 0 saturated carbocycles. The van der Waals surface area contributed by atoms with E-state index >= 15 is 0 Å². The van der Waals surface area contributed by atoms with Crippen LogP contribution in [0.1, 0.15) is 0 Å². The average Bonchev–Trinajstić information content (AvgIpc) is 3.48. The van der Waals surface area contributed by atoms with E-state index in [0.717, 1.165) is 35.8 Å². The molecule has 34 heavy (non-hydrogen) atoms. The summed E-state index contributed by atoms with van der Waals surface area (Å²) in [5, 5.41) is 3.91. The lowest BCUT2D eigenvalue weighted by Gasteiger charge is -2.35. The van der Waals surface area contributed by atoms with Gasteiger partial charge in [-0.1, -0.05) is 23.2 Å². The molecule has 0 unspecified atom stereocenters. The Morgan fingerprint density at radius 1 is 0.971 bits per heavy atom. The summed E-state index contributed by atoms with van der Waals surface area (Å²) < 4.78 is 26.8. The molecule has 3 aliphatic heterocycles. The Bertz CT molecular complexity index is 1150. The maximum Gasteiger partial charge on any atom is 0.363 e. The van der Waals surface area contributed by atoms with E-state index in [1.165, 1.54) is 9.80 Å². The van der Waals surface area contributed by atoms with Gasteiger partial charge in [0.25, 0.3) is 5.91 Å². The smallest absolute Gasteiger partial charge is 0.354 e. The number of nitrogens with one attached hydrogen (secondary N) is 2. The predicted octanol–water partition coefficient (Wildman–Crippen LogP) is 4.78. The van der Waals surface area contributed by atoms with E-state index in [9.17, 15) is 13.6 Å². The first-order valence-corrected chi connectivity index (χ1v) is 11.4. The summed E-state index contributed by atoms with van der Waals surface area (Å²) in [6.45, 7) is 2.32. The van der Waals surface area contributed by atoms with E-state index in [4.69, 9.17) is 34.8 Å². The third-order valence-corrected chi connectivity index (χ3v) is 5.64. The fourth-order valence-electron chi connectivity index (χ4n) is 3.43. The molecule has 12 heteroatoms. The first-order valence-electron chi connectivity index (χ1n) is 10.2. The van der Waals surface area contributed by atoms with Gasteiger partial charge in [0.2, 0.25) is 5.96 Å². The standard InChI is InChI=1S/C13H9Cl2F2N3O.C9H10ClN3/c14-8-1-3-9(4-2-8)20-11(21)7-10(13(15,16)17)19-6-5-18-12(19)20;10-7-1-3-8(4-2-7)13-9-11-5-6-12-9/h1-4,7H,5-6H2;1-4H,5-6H2,(H2,11,12,13). The molecular weight excluding hydrogens is 509 g/mol. The Morgan fingerprint density at radius 3 is 2.21 bits per heavy atom. The molecule has 2 N–H and O–H groups in total. The molecule has 1 amide bonds. The molecule has 0 aliphatic carbocycles. The SMILES string of the molecule is Clc1ccc(NC2=NCCN2)cc1.O=C1C=C(C(F)(F)Cl)N2CCN=C2N1c1ccc(Cl)cc1. The number of guanidine groups is 2. The Hall–Kier alpha value is -2.88. The number of carbonyl (C=O) groups excluding carboxylic acids is 1. The molecule has 0 bridgehead atoms. The number of hydrogen-bond acceptors (Lipinski definition) is 6. The largest absolute Gasteiger partial charge is 0.363 e. The number of anilines is 2. The molecule has 0 saturated heterocycles. The van der Waals surface area contributed by atoms with Crippen molar-refractivity contribution >= 4 is 64.0 Å². The van der Waals surface area contributed by atoms with Crippen LogP contribution in [0.4, 0.5) is 20.2 Å². The van der Waals surface area contributed by atoms with Crippen LogP contribution < -0.4 is 15.5 Å². The van der Waals surface area contributed by atoms with E-state index in [1.807, 2.05) is 24.3 Å². The van der Waals surface area contributed by atoms with Gasteiger partial charge in [-0.3, -0.25) is 14.8 Å². The molecule has 5 rings (SSSR count). The molecule has 3 heterocycles. The monoisotopic (exact) mass is 526 g/mol. The quantitative estimate of drug-likeness (QED) is 0.564. The molecule has 178 valence electrons. The minimum atomic E-state index is -3.62. The van der Waals surface area contributed by atoms with Gasteiger partial charge < -0.3 is 15.5 Å². The molecular formula is C22H19Cl3F2N6O. The highest BCUT2D eigenvalue weighted by atomic mass is 35.5. The van der Waals surface area contributed by atoms with Gasteiger partial charge >= 0.3 is 5.38 Å². The van der Waals surface area contributed by atoms with E-state index in [1.54, 1.807) is 24.3 Å². The molecule has 7 nitrogen and oxygen atoms in total. The molecule has 3 aliphatic rings. The summed E-state index contributed by atoms with van der Waals surface area (Å²) in [7, 11) is 0. The van der Waals surface area contributed by atoms with Gasteiger partial charge in [-0.05, 0) is 60.1 Å². The zero-order valence-electron chi connectivity index (χ0n) is 17.6. The Labute approximate surface area is 209 Å². The Morgan fingerprint density at radius 2 is 1.62 bits per heavy atom. The highest BCUT2D eigenvalue weighted by Crippen LogP contribution is 2.36. The highest BCUT2D eigenvalue weighted by molar-refractivity contribution is 6.31. The maximum atomic E-state index is 13.4. The molecule has 0 spiro atoms. The summed E-state index contributed by atoms with van der Waals surface area (Å²) >= 11 is 16.6. The average molecular weight is 528 g/mol. The number of benzene rings is 2. The van der Waals surface area contributed by atoms with Crippen molar-refractivity contribution in [2.24, 2.45) is 9.98 Å². The number of amides is 1. The fraction of sp³-hybridized carbons (Fsp3) is 0.227. The number of fused-ring (bicyclic) bond motifs is 1. The van der Waals surface area contributed by atoms with Crippen LogP contribution in [-0.2, 0) is 4.79 Å². The lowest BCUT2D eigenvalue weighted by Crippen LogP contribution is -2.51. The second kappa shape index (κ2) is 10.2. The first-order chi connectivity index (χ1) is 16.2. The number of rotatable bonds is 3. The predicted molar refractivity (Wildman–Crippen MR) is 132 cm³/mol. The van der Waals surface area contributed by atoms with Crippen LogP contribution in [0, 0.1) is 0 Å². The highest BCUT2D eigenvalue weighted by Gasteiger charge is 2.44. The van der Waals surface area contributed by atoms with Gasteiger partial charge in [0, 0.05) is 34.9 Å². The van der Waals surface area contributed by atoms with Crippen molar-refractivity contribution in [3.8, 4) is 0 Å². The van der Waals surface area contributed by atoms with E-state index in [2.05, 4.69) is 20.6 Å². The summed E-state index contributed by atoms with van der Waals surface area (Å²) in [5.41, 5.74) is 0.955. The van der Waals surface area contributed by atoms with E-state index in [-0.39, 0.29) is 12.5 Å². The van der Waals surface area contributed by atoms with Gasteiger partial charge in [0.15, 0.2) is 5.96 Å². The van der Waals surface area contributed by atoms with Crippen molar-refractivity contribution < 1.29 is 13.6 Å². The number of alkyl halides is 3. The Kier molecular flexibility index (Phi) is 7.25. The van der Waals surface area contributed by atoms with Gasteiger partial charge in [-0.2, -0.15) is 8.78 Å². The molecule has 0 atom stereocenters. The van der Waals surface area contributed by atoms with Crippen LogP contribution >= 0.6 is 34.8 Å². The number of nitrogens with zero attached hydrogens (tertiary/aromatic N) is 4. The van der Waals surface area contributed by atoms with Crippen LogP contribution in [0.25, 0.3) is 0 Å². The van der Waals surface area contributed by atoms with Crippen molar-refractivity contribution in [3.63, 3.8) is 0 Å². The number of carbonyl (C=O) groups is 1. The molecule has 0 aromatic heterocycles. The fourth-order valence-corrected chi connectivity index (χ4v) is 3.84. The molecule has 0 radical (unpaired) electrons. The second-order valence-corrected chi connectivity index (χ2v) is 8.65. The van der Waals surface area contributed by atoms with Gasteiger partial charge in [0.05, 0.1) is 18.8 Å². The van der Waals surface area contributed by atoms with Crippen molar-refractivity contribution in [2.75, 3.05) is 36.4 Å². The lowest BCUT2D eigenvalue weighted by atomic mass is 10.2. The third-order valence-electron chi connectivity index (χ3n) is 4.95. The summed E-state index contributed by atoms with van der Waals surface area (Å²) in [5.74, 6) is 0.368. The van der Waals surface area contributed by atoms with Crippen LogP contribution in [-0.4, -0.2) is 54.3 Å². The topological polar surface area (TPSA) is 72.3 Å². The molecule has 2 aromatic carbocycles. The van der Waals surface area contributed by atoms with Crippen molar-refractivity contribution in [1.29, 1.82) is 0 Å². The van der Waals surface area contributed by atoms with Gasteiger partial charge in [-0.25, -0.2) is 4.90 Å². The number of aliphatic imine (C=N–C) groups is 2. The second-order valence-electron chi connectivity index (χ2n) is 7.30. The van der Waals surface area contributed by atoms with Crippen LogP contribution in [0.15, 0.2) is 70.3 Å². The van der Waals surface area contributed by atoms with Crippen LogP contribution in [0.3, 0.4) is 0 Å². The zero-order chi connectivity index (χ0) is 24.3. The van der Waals surface area contributed by atoms with Crippen LogP contribution in [0.5, 0.6) is 0 Å². The normalized spacial score (nSPS) is 17.2. The van der Waals surface area contributed by atoms with E-state index < -0.39 is 17.0 Å². The van der Waals surface area contributed by atoms with Crippen LogP contribution in [0.2, 0.25) is 10.0 Å². The zero-order valence-corrected chi connectivity index (χ0v) is 19.9.